The second-order valence-electron chi connectivity index (χ2n) is 6.73. The molecule has 0 saturated heterocycles. The van der Waals surface area contributed by atoms with Crippen LogP contribution in [0, 0.1) is 6.92 Å². The van der Waals surface area contributed by atoms with Gasteiger partial charge >= 0.3 is 6.18 Å². The largest absolute Gasteiger partial charge is 0.485 e. The number of carbonyl (C=O) groups excluding carboxylic acids is 1. The predicted octanol–water partition coefficient (Wildman–Crippen LogP) is 5.61. The molecule has 0 aliphatic heterocycles. The number of halogens is 3. The SMILES string of the molecule is Cc1ccc(C(=O)COc2ccc(CC=NOCc3ccc(C(F)(F)F)cc3)cc2)o1. The van der Waals surface area contributed by atoms with Crippen LogP contribution in [0.2, 0.25) is 0 Å². The third kappa shape index (κ3) is 6.74. The van der Waals surface area contributed by atoms with Crippen LogP contribution in [-0.4, -0.2) is 18.6 Å². The van der Waals surface area contributed by atoms with Crippen LogP contribution in [0.5, 0.6) is 5.75 Å². The van der Waals surface area contributed by atoms with Crippen LogP contribution in [0.1, 0.15) is 33.0 Å². The van der Waals surface area contributed by atoms with Gasteiger partial charge in [0.2, 0.25) is 5.78 Å². The summed E-state index contributed by atoms with van der Waals surface area (Å²) < 4.78 is 48.3. The molecule has 31 heavy (non-hydrogen) atoms. The Hall–Kier alpha value is -3.55. The number of benzene rings is 2. The molecule has 0 spiro atoms. The molecule has 0 aliphatic carbocycles. The number of ether oxygens (including phenoxy) is 1. The van der Waals surface area contributed by atoms with Crippen molar-refractivity contribution in [1.82, 2.24) is 0 Å². The molecule has 2 aromatic carbocycles. The van der Waals surface area contributed by atoms with Crippen LogP contribution in [-0.2, 0) is 24.0 Å². The van der Waals surface area contributed by atoms with E-state index in [0.717, 1.165) is 17.7 Å². The number of carbonyl (C=O) groups is 1. The lowest BCUT2D eigenvalue weighted by Gasteiger charge is -2.07. The Morgan fingerprint density at radius 2 is 1.68 bits per heavy atom. The number of hydrogen-bond acceptors (Lipinski definition) is 5. The van der Waals surface area contributed by atoms with E-state index in [9.17, 15) is 18.0 Å². The van der Waals surface area contributed by atoms with E-state index in [1.54, 1.807) is 37.4 Å². The van der Waals surface area contributed by atoms with E-state index in [0.29, 0.717) is 23.5 Å². The van der Waals surface area contributed by atoms with Gasteiger partial charge in [-0.05, 0) is 54.4 Å². The average molecular weight is 431 g/mol. The lowest BCUT2D eigenvalue weighted by molar-refractivity contribution is -0.137. The fraction of sp³-hybridized carbons (Fsp3) is 0.217. The van der Waals surface area contributed by atoms with Gasteiger partial charge < -0.3 is 14.0 Å². The summed E-state index contributed by atoms with van der Waals surface area (Å²) in [5, 5.41) is 3.82. The van der Waals surface area contributed by atoms with Crippen LogP contribution in [0.15, 0.2) is 70.2 Å². The van der Waals surface area contributed by atoms with Crippen molar-refractivity contribution in [2.75, 3.05) is 6.61 Å². The first kappa shape index (κ1) is 22.1. The summed E-state index contributed by atoms with van der Waals surface area (Å²) in [5.74, 6) is 1.24. The van der Waals surface area contributed by atoms with Crippen LogP contribution < -0.4 is 4.74 Å². The zero-order valence-electron chi connectivity index (χ0n) is 16.7. The number of rotatable bonds is 9. The molecule has 0 aliphatic rings. The van der Waals surface area contributed by atoms with Gasteiger partial charge in [-0.1, -0.05) is 29.4 Å². The first-order valence-electron chi connectivity index (χ1n) is 9.42. The second-order valence-corrected chi connectivity index (χ2v) is 6.73. The Morgan fingerprint density at radius 3 is 2.29 bits per heavy atom. The molecule has 0 N–H and O–H groups in total. The molecule has 0 amide bonds. The lowest BCUT2D eigenvalue weighted by atomic mass is 10.1. The van der Waals surface area contributed by atoms with E-state index < -0.39 is 11.7 Å². The van der Waals surface area contributed by atoms with Crippen molar-refractivity contribution >= 4 is 12.0 Å². The number of Topliss-reactive ketones (excluding diaryl/α,β-unsaturated/α-hetero) is 1. The van der Waals surface area contributed by atoms with Gasteiger partial charge in [0, 0.05) is 12.6 Å². The minimum Gasteiger partial charge on any atom is -0.485 e. The smallest absolute Gasteiger partial charge is 0.416 e. The Bertz CT molecular complexity index is 1020. The highest BCUT2D eigenvalue weighted by molar-refractivity contribution is 5.94. The molecule has 1 aromatic heterocycles. The summed E-state index contributed by atoms with van der Waals surface area (Å²) in [6.45, 7) is 1.72. The van der Waals surface area contributed by atoms with Gasteiger partial charge in [0.1, 0.15) is 18.1 Å². The van der Waals surface area contributed by atoms with Crippen molar-refractivity contribution in [3.63, 3.8) is 0 Å². The van der Waals surface area contributed by atoms with E-state index in [1.807, 2.05) is 12.1 Å². The summed E-state index contributed by atoms with van der Waals surface area (Å²) in [7, 11) is 0. The Kier molecular flexibility index (Phi) is 7.12. The summed E-state index contributed by atoms with van der Waals surface area (Å²) in [5.41, 5.74) is 0.834. The maximum absolute atomic E-state index is 12.5. The fourth-order valence-electron chi connectivity index (χ4n) is 2.62. The van der Waals surface area contributed by atoms with Crippen molar-refractivity contribution in [2.24, 2.45) is 5.16 Å². The number of furan rings is 1. The summed E-state index contributed by atoms with van der Waals surface area (Å²) in [6, 6.07) is 15.2. The molecule has 3 aromatic rings. The van der Waals surface area contributed by atoms with Gasteiger partial charge in [-0.25, -0.2) is 0 Å². The highest BCUT2D eigenvalue weighted by atomic mass is 19.4. The predicted molar refractivity (Wildman–Crippen MR) is 108 cm³/mol. The van der Waals surface area contributed by atoms with Crippen LogP contribution >= 0.6 is 0 Å². The number of aryl methyl sites for hydroxylation is 1. The lowest BCUT2D eigenvalue weighted by Crippen LogP contribution is -2.10. The molecule has 0 bridgehead atoms. The summed E-state index contributed by atoms with van der Waals surface area (Å²) in [6.07, 6.45) is -2.30. The van der Waals surface area contributed by atoms with E-state index >= 15 is 0 Å². The van der Waals surface area contributed by atoms with Crippen molar-refractivity contribution in [3.8, 4) is 5.75 Å². The normalized spacial score (nSPS) is 11.6. The Morgan fingerprint density at radius 1 is 1.00 bits per heavy atom. The first-order chi connectivity index (χ1) is 14.8. The third-order valence-electron chi connectivity index (χ3n) is 4.30. The maximum atomic E-state index is 12.5. The summed E-state index contributed by atoms with van der Waals surface area (Å²) >= 11 is 0. The Labute approximate surface area is 177 Å². The van der Waals surface area contributed by atoms with Crippen LogP contribution in [0.4, 0.5) is 13.2 Å². The molecule has 1 heterocycles. The molecule has 0 unspecified atom stereocenters. The minimum absolute atomic E-state index is 0.0740. The molecule has 0 radical (unpaired) electrons. The molecule has 0 atom stereocenters. The zero-order valence-corrected chi connectivity index (χ0v) is 16.7. The van der Waals surface area contributed by atoms with E-state index in [1.165, 1.54) is 12.1 Å². The van der Waals surface area contributed by atoms with E-state index in [-0.39, 0.29) is 24.8 Å². The van der Waals surface area contributed by atoms with Crippen molar-refractivity contribution in [3.05, 3.63) is 88.9 Å². The molecule has 8 heteroatoms. The zero-order chi connectivity index (χ0) is 22.3. The van der Waals surface area contributed by atoms with Gasteiger partial charge in [0.15, 0.2) is 12.4 Å². The van der Waals surface area contributed by atoms with Crippen LogP contribution in [0.3, 0.4) is 0 Å². The molecule has 0 saturated carbocycles. The topological polar surface area (TPSA) is 61.0 Å². The fourth-order valence-corrected chi connectivity index (χ4v) is 2.62. The van der Waals surface area contributed by atoms with Gasteiger partial charge in [0.05, 0.1) is 5.56 Å². The maximum Gasteiger partial charge on any atom is 0.416 e. The summed E-state index contributed by atoms with van der Waals surface area (Å²) in [4.78, 5) is 17.1. The third-order valence-corrected chi connectivity index (χ3v) is 4.30. The minimum atomic E-state index is -4.35. The average Bonchev–Trinajstić information content (AvgIpc) is 3.19. The van der Waals surface area contributed by atoms with Crippen LogP contribution in [0.25, 0.3) is 0 Å². The van der Waals surface area contributed by atoms with Gasteiger partial charge in [0.25, 0.3) is 0 Å². The number of nitrogens with zero attached hydrogens (tertiary/aromatic N) is 1. The molecular weight excluding hydrogens is 411 g/mol. The highest BCUT2D eigenvalue weighted by Gasteiger charge is 2.29. The quantitative estimate of drug-likeness (QED) is 0.251. The molecule has 3 rings (SSSR count). The van der Waals surface area contributed by atoms with Crippen molar-refractivity contribution in [1.29, 1.82) is 0 Å². The van der Waals surface area contributed by atoms with E-state index in [2.05, 4.69) is 5.16 Å². The number of oxime groups is 1. The van der Waals surface area contributed by atoms with Gasteiger partial charge in [-0.3, -0.25) is 4.79 Å². The number of hydrogen-bond donors (Lipinski definition) is 0. The number of alkyl halides is 3. The number of ketones is 1. The highest BCUT2D eigenvalue weighted by Crippen LogP contribution is 2.29. The van der Waals surface area contributed by atoms with E-state index in [4.69, 9.17) is 14.0 Å². The van der Waals surface area contributed by atoms with Crippen molar-refractivity contribution in [2.45, 2.75) is 26.1 Å². The van der Waals surface area contributed by atoms with Gasteiger partial charge in [-0.15, -0.1) is 0 Å². The van der Waals surface area contributed by atoms with Gasteiger partial charge in [-0.2, -0.15) is 13.2 Å². The second kappa shape index (κ2) is 9.97. The monoisotopic (exact) mass is 431 g/mol. The van der Waals surface area contributed by atoms with Crippen molar-refractivity contribution < 1.29 is 32.0 Å². The molecule has 0 fully saturated rings. The standard InChI is InChI=1S/C23H20F3NO4/c1-16-2-11-22(31-16)21(28)15-29-20-9-5-17(6-10-20)12-13-27-30-14-18-3-7-19(8-4-18)23(24,25)26/h2-11,13H,12,14-15H2,1H3. The Balaban J connectivity index is 1.39. The molecular formula is C23H20F3NO4. The first-order valence-corrected chi connectivity index (χ1v) is 9.42. The molecule has 162 valence electrons. The molecule has 5 nitrogen and oxygen atoms in total.